The molecule has 3 rings (SSSR count). The van der Waals surface area contributed by atoms with Crippen LogP contribution in [0.15, 0.2) is 0 Å². The van der Waals surface area contributed by atoms with Gasteiger partial charge < -0.3 is 14.0 Å². The number of hydrogen-bond donors (Lipinski definition) is 0. The van der Waals surface area contributed by atoms with Crippen molar-refractivity contribution >= 4 is 7.12 Å². The average molecular weight is 224 g/mol. The highest BCUT2D eigenvalue weighted by Crippen LogP contribution is 2.67. The number of ether oxygens (including phenoxy) is 1. The van der Waals surface area contributed by atoms with Crippen molar-refractivity contribution in [1.29, 1.82) is 0 Å². The molecule has 0 aromatic rings. The second-order valence-electron chi connectivity index (χ2n) is 6.56. The molecule has 2 saturated heterocycles. The lowest BCUT2D eigenvalue weighted by Gasteiger charge is -2.32. The quantitative estimate of drug-likeness (QED) is 0.639. The Morgan fingerprint density at radius 1 is 1.06 bits per heavy atom. The summed E-state index contributed by atoms with van der Waals surface area (Å²) in [5.41, 5.74) is -0.423. The van der Waals surface area contributed by atoms with Crippen molar-refractivity contribution in [2.75, 3.05) is 13.2 Å². The first-order valence-corrected chi connectivity index (χ1v) is 6.31. The SMILES string of the molecule is CC1(C)OB([C@@]23COCC[C@@H]2C3)OC1(C)C. The van der Waals surface area contributed by atoms with Crippen molar-refractivity contribution in [3.63, 3.8) is 0 Å². The van der Waals surface area contributed by atoms with Gasteiger partial charge in [-0.15, -0.1) is 0 Å². The summed E-state index contributed by atoms with van der Waals surface area (Å²) in [7, 11) is -0.0669. The minimum Gasteiger partial charge on any atom is -0.403 e. The predicted molar refractivity (Wildman–Crippen MR) is 62.3 cm³/mol. The van der Waals surface area contributed by atoms with E-state index in [0.717, 1.165) is 19.1 Å². The minimum absolute atomic E-state index is 0.0669. The van der Waals surface area contributed by atoms with E-state index in [1.807, 2.05) is 0 Å². The van der Waals surface area contributed by atoms with Gasteiger partial charge in [0.1, 0.15) is 0 Å². The highest BCUT2D eigenvalue weighted by Gasteiger charge is 2.70. The molecule has 3 nitrogen and oxygen atoms in total. The standard InChI is InChI=1S/C12H21BO3/c1-10(2)11(3,4)16-13(15-10)12-7-9(12)5-6-14-8-12/h9H,5-8H2,1-4H3/t9-,12+/m1/s1. The topological polar surface area (TPSA) is 27.7 Å². The molecule has 0 spiro atoms. The van der Waals surface area contributed by atoms with Crippen LogP contribution in [0.25, 0.3) is 0 Å². The molecule has 0 amide bonds. The van der Waals surface area contributed by atoms with E-state index in [9.17, 15) is 0 Å². The van der Waals surface area contributed by atoms with Gasteiger partial charge in [-0.05, 0) is 46.5 Å². The Morgan fingerprint density at radius 3 is 2.25 bits per heavy atom. The summed E-state index contributed by atoms with van der Waals surface area (Å²) in [4.78, 5) is 0. The van der Waals surface area contributed by atoms with E-state index >= 15 is 0 Å². The van der Waals surface area contributed by atoms with Crippen molar-refractivity contribution in [2.24, 2.45) is 5.92 Å². The highest BCUT2D eigenvalue weighted by molar-refractivity contribution is 6.51. The molecule has 3 fully saturated rings. The summed E-state index contributed by atoms with van der Waals surface area (Å²) in [6.45, 7) is 10.2. The van der Waals surface area contributed by atoms with Crippen LogP contribution in [-0.4, -0.2) is 31.5 Å². The normalized spacial score (nSPS) is 44.2. The first-order chi connectivity index (χ1) is 7.37. The van der Waals surface area contributed by atoms with E-state index in [0.29, 0.717) is 0 Å². The molecule has 1 aliphatic carbocycles. The first-order valence-electron chi connectivity index (χ1n) is 6.31. The Hall–Kier alpha value is -0.0551. The summed E-state index contributed by atoms with van der Waals surface area (Å²) >= 11 is 0. The Bertz CT molecular complexity index is 299. The van der Waals surface area contributed by atoms with Crippen LogP contribution in [-0.2, 0) is 14.0 Å². The van der Waals surface area contributed by atoms with Gasteiger partial charge >= 0.3 is 7.12 Å². The predicted octanol–water partition coefficient (Wildman–Crippen LogP) is 2.26. The van der Waals surface area contributed by atoms with Crippen molar-refractivity contribution < 1.29 is 14.0 Å². The molecular weight excluding hydrogens is 203 g/mol. The second-order valence-corrected chi connectivity index (χ2v) is 6.56. The number of rotatable bonds is 1. The van der Waals surface area contributed by atoms with E-state index in [4.69, 9.17) is 14.0 Å². The van der Waals surface area contributed by atoms with Gasteiger partial charge in [0, 0.05) is 11.9 Å². The van der Waals surface area contributed by atoms with E-state index in [2.05, 4.69) is 27.7 Å². The van der Waals surface area contributed by atoms with Crippen LogP contribution >= 0.6 is 0 Å². The molecule has 2 aliphatic heterocycles. The lowest BCUT2D eigenvalue weighted by molar-refractivity contribution is 0.00578. The third-order valence-corrected chi connectivity index (χ3v) is 4.98. The van der Waals surface area contributed by atoms with Gasteiger partial charge in [-0.2, -0.15) is 0 Å². The van der Waals surface area contributed by atoms with E-state index in [1.165, 1.54) is 12.8 Å². The minimum atomic E-state index is -0.211. The van der Waals surface area contributed by atoms with Crippen molar-refractivity contribution in [2.45, 2.75) is 57.1 Å². The van der Waals surface area contributed by atoms with Gasteiger partial charge in [0.2, 0.25) is 0 Å². The van der Waals surface area contributed by atoms with Crippen LogP contribution in [0.3, 0.4) is 0 Å². The van der Waals surface area contributed by atoms with Crippen LogP contribution in [0, 0.1) is 5.92 Å². The number of hydrogen-bond acceptors (Lipinski definition) is 3. The zero-order valence-electron chi connectivity index (χ0n) is 10.7. The molecule has 0 aromatic heterocycles. The van der Waals surface area contributed by atoms with Gasteiger partial charge in [-0.1, -0.05) is 0 Å². The third kappa shape index (κ3) is 1.33. The fourth-order valence-corrected chi connectivity index (χ4v) is 2.89. The fraction of sp³-hybridized carbons (Fsp3) is 1.00. The van der Waals surface area contributed by atoms with Gasteiger partial charge in [0.25, 0.3) is 0 Å². The molecule has 0 radical (unpaired) electrons. The van der Waals surface area contributed by atoms with Crippen LogP contribution in [0.1, 0.15) is 40.5 Å². The van der Waals surface area contributed by atoms with Crippen LogP contribution < -0.4 is 0 Å². The maximum absolute atomic E-state index is 6.15. The molecule has 1 saturated carbocycles. The largest absolute Gasteiger partial charge is 0.467 e. The molecule has 16 heavy (non-hydrogen) atoms. The van der Waals surface area contributed by atoms with Gasteiger partial charge in [-0.25, -0.2) is 0 Å². The molecule has 0 N–H and O–H groups in total. The van der Waals surface area contributed by atoms with Crippen LogP contribution in [0.5, 0.6) is 0 Å². The molecule has 90 valence electrons. The molecule has 0 bridgehead atoms. The average Bonchev–Trinajstić information content (AvgIpc) is 2.85. The van der Waals surface area contributed by atoms with Crippen molar-refractivity contribution in [3.8, 4) is 0 Å². The fourth-order valence-electron chi connectivity index (χ4n) is 2.89. The maximum atomic E-state index is 6.15. The Morgan fingerprint density at radius 2 is 1.69 bits per heavy atom. The summed E-state index contributed by atoms with van der Waals surface area (Å²) in [5, 5.41) is 0.170. The van der Waals surface area contributed by atoms with Gasteiger partial charge in [0.15, 0.2) is 0 Å². The second kappa shape index (κ2) is 3.03. The van der Waals surface area contributed by atoms with Gasteiger partial charge in [-0.3, -0.25) is 0 Å². The molecule has 2 atom stereocenters. The Balaban J connectivity index is 1.79. The van der Waals surface area contributed by atoms with E-state index in [-0.39, 0.29) is 23.6 Å². The summed E-state index contributed by atoms with van der Waals surface area (Å²) in [6.07, 6.45) is 2.38. The Kier molecular flexibility index (Phi) is 2.10. The highest BCUT2D eigenvalue weighted by atomic mass is 16.7. The zero-order chi connectivity index (χ0) is 11.6. The van der Waals surface area contributed by atoms with Crippen LogP contribution in [0.4, 0.5) is 0 Å². The van der Waals surface area contributed by atoms with E-state index < -0.39 is 0 Å². The van der Waals surface area contributed by atoms with Crippen LogP contribution in [0.2, 0.25) is 5.31 Å². The first kappa shape index (κ1) is 11.1. The molecule has 3 aliphatic rings. The lowest BCUT2D eigenvalue weighted by atomic mass is 9.66. The summed E-state index contributed by atoms with van der Waals surface area (Å²) in [6, 6.07) is 0. The monoisotopic (exact) mass is 224 g/mol. The molecule has 2 heterocycles. The molecule has 0 unspecified atom stereocenters. The van der Waals surface area contributed by atoms with Crippen molar-refractivity contribution in [3.05, 3.63) is 0 Å². The third-order valence-electron chi connectivity index (χ3n) is 4.98. The molecular formula is C12H21BO3. The Labute approximate surface area is 98.0 Å². The molecule has 4 heteroatoms. The summed E-state index contributed by atoms with van der Waals surface area (Å²) < 4.78 is 17.9. The van der Waals surface area contributed by atoms with Gasteiger partial charge in [0.05, 0.1) is 17.8 Å². The maximum Gasteiger partial charge on any atom is 0.467 e. The lowest BCUT2D eigenvalue weighted by Crippen LogP contribution is -2.41. The smallest absolute Gasteiger partial charge is 0.403 e. The van der Waals surface area contributed by atoms with E-state index in [1.54, 1.807) is 0 Å². The zero-order valence-corrected chi connectivity index (χ0v) is 10.7. The number of fused-ring (bicyclic) bond motifs is 1. The summed E-state index contributed by atoms with van der Waals surface area (Å²) in [5.74, 6) is 0.760. The van der Waals surface area contributed by atoms with Crippen molar-refractivity contribution in [1.82, 2.24) is 0 Å². The molecule has 0 aromatic carbocycles.